The number of nitrogens with zero attached hydrogens (tertiary/aromatic N) is 1. The highest BCUT2D eigenvalue weighted by Gasteiger charge is 2.37. The third-order valence-corrected chi connectivity index (χ3v) is 4.01. The molecule has 1 aliphatic heterocycles. The molecule has 1 atom stereocenters. The maximum atomic E-state index is 13.3. The summed E-state index contributed by atoms with van der Waals surface area (Å²) >= 11 is 0. The molecule has 1 saturated heterocycles. The highest BCUT2D eigenvalue weighted by molar-refractivity contribution is 5.38. The third-order valence-electron chi connectivity index (χ3n) is 4.01. The quantitative estimate of drug-likeness (QED) is 0.854. The summed E-state index contributed by atoms with van der Waals surface area (Å²) in [6.45, 7) is 2.53. The van der Waals surface area contributed by atoms with Crippen LogP contribution in [0.4, 0.5) is 13.2 Å². The number of hydrogen-bond donors (Lipinski definition) is 1. The molecule has 1 heterocycles. The highest BCUT2D eigenvalue weighted by Crippen LogP contribution is 2.40. The molecule has 1 aliphatic rings. The Morgan fingerprint density at radius 3 is 2.26 bits per heavy atom. The molecule has 0 radical (unpaired) electrons. The summed E-state index contributed by atoms with van der Waals surface area (Å²) in [6.07, 6.45) is -4.04. The average molecular weight is 273 g/mol. The molecule has 0 saturated carbocycles. The Morgan fingerprint density at radius 1 is 1.16 bits per heavy atom. The third kappa shape index (κ3) is 2.86. The molecule has 0 aromatic heterocycles. The van der Waals surface area contributed by atoms with Crippen LogP contribution in [0.15, 0.2) is 24.3 Å². The predicted octanol–water partition coefficient (Wildman–Crippen LogP) is 3.31. The van der Waals surface area contributed by atoms with Gasteiger partial charge >= 0.3 is 0 Å². The van der Waals surface area contributed by atoms with Crippen molar-refractivity contribution in [2.24, 2.45) is 0 Å². The summed E-state index contributed by atoms with van der Waals surface area (Å²) in [5.74, 6) is 0.212. The summed E-state index contributed by atoms with van der Waals surface area (Å²) in [7, 11) is 0. The smallest absolute Gasteiger partial charge is 0.282 e. The van der Waals surface area contributed by atoms with E-state index in [0.29, 0.717) is 12.8 Å². The molecule has 2 rings (SSSR count). The fourth-order valence-electron chi connectivity index (χ4n) is 2.68. The summed E-state index contributed by atoms with van der Waals surface area (Å²) < 4.78 is 37.9. The molecular formula is C14H18F3NO. The molecule has 0 spiro atoms. The van der Waals surface area contributed by atoms with Crippen molar-refractivity contribution >= 4 is 0 Å². The fourth-order valence-corrected chi connectivity index (χ4v) is 2.68. The van der Waals surface area contributed by atoms with Gasteiger partial charge in [-0.05, 0) is 29.9 Å². The molecule has 0 amide bonds. The van der Waals surface area contributed by atoms with Crippen LogP contribution in [0.1, 0.15) is 25.3 Å². The molecule has 5 heteroatoms. The van der Waals surface area contributed by atoms with Gasteiger partial charge in [0.1, 0.15) is 5.75 Å². The molecule has 19 heavy (non-hydrogen) atoms. The van der Waals surface area contributed by atoms with E-state index in [1.165, 1.54) is 4.90 Å². The SMILES string of the molecule is CC1(c2ccccc2O)CCN(C(F)C(F)F)CC1. The number of likely N-dealkylation sites (tertiary alicyclic amines) is 1. The van der Waals surface area contributed by atoms with Gasteiger partial charge in [-0.3, -0.25) is 4.90 Å². The van der Waals surface area contributed by atoms with Crippen LogP contribution in [0, 0.1) is 0 Å². The minimum absolute atomic E-state index is 0.212. The lowest BCUT2D eigenvalue weighted by Gasteiger charge is -2.40. The van der Waals surface area contributed by atoms with Gasteiger partial charge in [-0.2, -0.15) is 0 Å². The first-order valence-electron chi connectivity index (χ1n) is 6.39. The molecular weight excluding hydrogens is 255 g/mol. The molecule has 1 unspecified atom stereocenters. The van der Waals surface area contributed by atoms with Crippen LogP contribution < -0.4 is 0 Å². The Hall–Kier alpha value is -1.23. The van der Waals surface area contributed by atoms with E-state index in [9.17, 15) is 18.3 Å². The molecule has 1 aromatic carbocycles. The number of rotatable bonds is 3. The average Bonchev–Trinajstić information content (AvgIpc) is 2.39. The van der Waals surface area contributed by atoms with Gasteiger partial charge in [0, 0.05) is 13.1 Å². The number of alkyl halides is 3. The first kappa shape index (κ1) is 14.2. The number of halogens is 3. The molecule has 2 nitrogen and oxygen atoms in total. The van der Waals surface area contributed by atoms with E-state index in [2.05, 4.69) is 0 Å². The second-order valence-electron chi connectivity index (χ2n) is 5.32. The second kappa shape index (κ2) is 5.41. The predicted molar refractivity (Wildman–Crippen MR) is 67.2 cm³/mol. The summed E-state index contributed by atoms with van der Waals surface area (Å²) in [4.78, 5) is 1.17. The minimum Gasteiger partial charge on any atom is -0.508 e. The maximum Gasteiger partial charge on any atom is 0.282 e. The zero-order valence-electron chi connectivity index (χ0n) is 10.8. The van der Waals surface area contributed by atoms with E-state index in [4.69, 9.17) is 0 Å². The number of piperidine rings is 1. The Labute approximate surface area is 110 Å². The first-order valence-corrected chi connectivity index (χ1v) is 6.39. The maximum absolute atomic E-state index is 13.3. The van der Waals surface area contributed by atoms with Gasteiger partial charge in [-0.25, -0.2) is 13.2 Å². The number of hydrogen-bond acceptors (Lipinski definition) is 2. The zero-order chi connectivity index (χ0) is 14.0. The van der Waals surface area contributed by atoms with Crippen molar-refractivity contribution in [3.8, 4) is 5.75 Å². The summed E-state index contributed by atoms with van der Waals surface area (Å²) in [6, 6.07) is 7.03. The van der Waals surface area contributed by atoms with Gasteiger partial charge in [0.05, 0.1) is 0 Å². The first-order chi connectivity index (χ1) is 8.94. The molecule has 1 N–H and O–H groups in total. The Kier molecular flexibility index (Phi) is 4.04. The van der Waals surface area contributed by atoms with Crippen LogP contribution in [0.3, 0.4) is 0 Å². The zero-order valence-corrected chi connectivity index (χ0v) is 10.8. The number of phenols is 1. The van der Waals surface area contributed by atoms with E-state index in [1.807, 2.05) is 19.1 Å². The number of aromatic hydroxyl groups is 1. The normalized spacial score (nSPS) is 21.5. The van der Waals surface area contributed by atoms with E-state index in [1.54, 1.807) is 12.1 Å². The van der Waals surface area contributed by atoms with E-state index in [-0.39, 0.29) is 24.3 Å². The number of para-hydroxylation sites is 1. The fraction of sp³-hybridized carbons (Fsp3) is 0.571. The van der Waals surface area contributed by atoms with E-state index >= 15 is 0 Å². The van der Waals surface area contributed by atoms with E-state index in [0.717, 1.165) is 5.56 Å². The van der Waals surface area contributed by atoms with Crippen LogP contribution in [0.5, 0.6) is 5.75 Å². The monoisotopic (exact) mass is 273 g/mol. The lowest BCUT2D eigenvalue weighted by Crippen LogP contribution is -2.46. The van der Waals surface area contributed by atoms with Gasteiger partial charge in [0.15, 0.2) is 0 Å². The molecule has 0 bridgehead atoms. The van der Waals surface area contributed by atoms with Crippen molar-refractivity contribution in [2.45, 2.75) is 37.9 Å². The second-order valence-corrected chi connectivity index (χ2v) is 5.32. The lowest BCUT2D eigenvalue weighted by molar-refractivity contribution is -0.0627. The van der Waals surface area contributed by atoms with Crippen LogP contribution in [-0.2, 0) is 5.41 Å². The minimum atomic E-state index is -2.96. The van der Waals surface area contributed by atoms with Crippen LogP contribution >= 0.6 is 0 Å². The summed E-state index contributed by atoms with van der Waals surface area (Å²) in [5.41, 5.74) is 0.519. The Bertz CT molecular complexity index is 430. The topological polar surface area (TPSA) is 23.5 Å². The van der Waals surface area contributed by atoms with E-state index < -0.39 is 12.7 Å². The Balaban J connectivity index is 2.08. The van der Waals surface area contributed by atoms with Crippen molar-refractivity contribution in [3.05, 3.63) is 29.8 Å². The molecule has 1 aromatic rings. The van der Waals surface area contributed by atoms with Crippen molar-refractivity contribution in [2.75, 3.05) is 13.1 Å². The van der Waals surface area contributed by atoms with Gasteiger partial charge in [0.2, 0.25) is 6.30 Å². The van der Waals surface area contributed by atoms with Crippen LogP contribution in [-0.4, -0.2) is 35.8 Å². The van der Waals surface area contributed by atoms with Crippen molar-refractivity contribution in [3.63, 3.8) is 0 Å². The standard InChI is InChI=1S/C14H18F3NO/c1-14(10-4-2-3-5-11(10)19)6-8-18(9-7-14)13(17)12(15)16/h2-5,12-13,19H,6-9H2,1H3. The van der Waals surface area contributed by atoms with Gasteiger partial charge < -0.3 is 5.11 Å². The van der Waals surface area contributed by atoms with Crippen molar-refractivity contribution in [1.29, 1.82) is 0 Å². The van der Waals surface area contributed by atoms with Crippen molar-refractivity contribution < 1.29 is 18.3 Å². The van der Waals surface area contributed by atoms with Crippen molar-refractivity contribution in [1.82, 2.24) is 4.90 Å². The number of phenolic OH excluding ortho intramolecular Hbond substituents is 1. The van der Waals surface area contributed by atoms with Gasteiger partial charge in [-0.1, -0.05) is 25.1 Å². The molecule has 1 fully saturated rings. The van der Waals surface area contributed by atoms with Crippen LogP contribution in [0.2, 0.25) is 0 Å². The van der Waals surface area contributed by atoms with Gasteiger partial charge in [0.25, 0.3) is 6.43 Å². The Morgan fingerprint density at radius 2 is 1.74 bits per heavy atom. The molecule has 106 valence electrons. The lowest BCUT2D eigenvalue weighted by atomic mass is 9.74. The van der Waals surface area contributed by atoms with Gasteiger partial charge in [-0.15, -0.1) is 0 Å². The largest absolute Gasteiger partial charge is 0.508 e. The molecule has 0 aliphatic carbocycles. The summed E-state index contributed by atoms with van der Waals surface area (Å²) in [5, 5.41) is 9.88. The highest BCUT2D eigenvalue weighted by atomic mass is 19.3. The number of benzene rings is 1. The van der Waals surface area contributed by atoms with Crippen LogP contribution in [0.25, 0.3) is 0 Å².